The van der Waals surface area contributed by atoms with Crippen molar-refractivity contribution in [3.63, 3.8) is 0 Å². The van der Waals surface area contributed by atoms with Gasteiger partial charge >= 0.3 is 0 Å². The highest BCUT2D eigenvalue weighted by Crippen LogP contribution is 2.33. The van der Waals surface area contributed by atoms with Gasteiger partial charge in [-0.2, -0.15) is 11.8 Å². The zero-order valence-corrected chi connectivity index (χ0v) is 11.4. The number of thioether (sulfide) groups is 1. The largest absolute Gasteiger partial charge is 0.347 e. The molecule has 2 heterocycles. The Bertz CT molecular complexity index is 338. The molecule has 2 nitrogen and oxygen atoms in total. The van der Waals surface area contributed by atoms with E-state index in [0.717, 1.165) is 18.2 Å². The second kappa shape index (κ2) is 4.52. The number of hydrogen-bond acceptors (Lipinski definition) is 4. The van der Waals surface area contributed by atoms with Gasteiger partial charge in [-0.25, -0.2) is 4.98 Å². The summed E-state index contributed by atoms with van der Waals surface area (Å²) in [5.41, 5.74) is 0. The van der Waals surface area contributed by atoms with Crippen LogP contribution in [0.25, 0.3) is 0 Å². The third-order valence-electron chi connectivity index (χ3n) is 2.57. The van der Waals surface area contributed by atoms with Crippen molar-refractivity contribution < 1.29 is 0 Å². The molecule has 84 valence electrons. The van der Waals surface area contributed by atoms with Gasteiger partial charge in [0.15, 0.2) is 5.13 Å². The first-order valence-electron chi connectivity index (χ1n) is 5.07. The van der Waals surface area contributed by atoms with E-state index in [1.165, 1.54) is 12.2 Å². The summed E-state index contributed by atoms with van der Waals surface area (Å²) in [6.45, 7) is 6.80. The highest BCUT2D eigenvalue weighted by molar-refractivity contribution is 8.00. The van der Waals surface area contributed by atoms with Crippen LogP contribution in [0.3, 0.4) is 0 Å². The summed E-state index contributed by atoms with van der Waals surface area (Å²) in [5, 5.41) is 3.59. The zero-order chi connectivity index (χ0) is 10.9. The molecule has 1 fully saturated rings. The maximum absolute atomic E-state index is 5.84. The van der Waals surface area contributed by atoms with Crippen molar-refractivity contribution in [2.45, 2.75) is 25.0 Å². The van der Waals surface area contributed by atoms with Crippen LogP contribution in [-0.4, -0.2) is 28.6 Å². The van der Waals surface area contributed by atoms with Crippen molar-refractivity contribution in [3.05, 3.63) is 10.5 Å². The number of halogens is 1. The molecule has 0 bridgehead atoms. The van der Waals surface area contributed by atoms with E-state index in [4.69, 9.17) is 11.6 Å². The lowest BCUT2D eigenvalue weighted by molar-refractivity contribution is 0.637. The summed E-state index contributed by atoms with van der Waals surface area (Å²) in [7, 11) is 0. The number of aromatic nitrogens is 1. The Morgan fingerprint density at radius 3 is 2.93 bits per heavy atom. The zero-order valence-electron chi connectivity index (χ0n) is 8.99. The summed E-state index contributed by atoms with van der Waals surface area (Å²) in [6.07, 6.45) is 1.20. The molecular formula is C10H15ClN2S2. The van der Waals surface area contributed by atoms with Gasteiger partial charge in [-0.3, -0.25) is 0 Å². The Morgan fingerprint density at radius 1 is 1.47 bits per heavy atom. The van der Waals surface area contributed by atoms with Gasteiger partial charge in [-0.05, 0) is 6.42 Å². The highest BCUT2D eigenvalue weighted by Gasteiger charge is 2.24. The van der Waals surface area contributed by atoms with Crippen LogP contribution >= 0.6 is 34.7 Å². The Kier molecular flexibility index (Phi) is 3.48. The Balaban J connectivity index is 2.05. The van der Waals surface area contributed by atoms with Crippen LogP contribution in [0, 0.1) is 0 Å². The van der Waals surface area contributed by atoms with Gasteiger partial charge in [0.2, 0.25) is 0 Å². The maximum atomic E-state index is 5.84. The van der Waals surface area contributed by atoms with Crippen LogP contribution in [0.5, 0.6) is 0 Å². The monoisotopic (exact) mass is 262 g/mol. The molecule has 0 N–H and O–H groups in total. The van der Waals surface area contributed by atoms with Crippen molar-refractivity contribution in [2.24, 2.45) is 0 Å². The van der Waals surface area contributed by atoms with Crippen LogP contribution in [0.15, 0.2) is 5.38 Å². The van der Waals surface area contributed by atoms with E-state index in [9.17, 15) is 0 Å². The van der Waals surface area contributed by atoms with Crippen molar-refractivity contribution in [1.82, 2.24) is 4.98 Å². The molecule has 0 aliphatic carbocycles. The molecule has 5 heteroatoms. The number of nitrogens with zero attached hydrogens (tertiary/aromatic N) is 2. The van der Waals surface area contributed by atoms with Crippen molar-refractivity contribution in [3.8, 4) is 0 Å². The van der Waals surface area contributed by atoms with E-state index in [1.54, 1.807) is 11.3 Å². The molecule has 2 rings (SSSR count). The molecule has 0 amide bonds. The molecule has 15 heavy (non-hydrogen) atoms. The van der Waals surface area contributed by atoms with E-state index in [2.05, 4.69) is 23.7 Å². The standard InChI is InChI=1S/C10H15ClN2S2/c1-10(2)3-4-13(5-6-15-10)9-12-8(11)7-14-9/h7H,3-6H2,1-2H3. The summed E-state index contributed by atoms with van der Waals surface area (Å²) < 4.78 is 0.399. The van der Waals surface area contributed by atoms with E-state index in [1.807, 2.05) is 17.1 Å². The average Bonchev–Trinajstić information content (AvgIpc) is 2.49. The smallest absolute Gasteiger partial charge is 0.186 e. The average molecular weight is 263 g/mol. The second-order valence-electron chi connectivity index (χ2n) is 4.30. The van der Waals surface area contributed by atoms with Gasteiger partial charge in [0.05, 0.1) is 0 Å². The van der Waals surface area contributed by atoms with Crippen LogP contribution < -0.4 is 4.90 Å². The second-order valence-corrected chi connectivity index (χ2v) is 7.32. The lowest BCUT2D eigenvalue weighted by atomic mass is 10.1. The summed E-state index contributed by atoms with van der Waals surface area (Å²) in [6, 6.07) is 0. The molecule has 1 aliphatic heterocycles. The minimum absolute atomic E-state index is 0.399. The number of thiazole rings is 1. The van der Waals surface area contributed by atoms with E-state index in [-0.39, 0.29) is 0 Å². The van der Waals surface area contributed by atoms with Crippen LogP contribution in [0.4, 0.5) is 5.13 Å². The maximum Gasteiger partial charge on any atom is 0.186 e. The molecule has 0 unspecified atom stereocenters. The topological polar surface area (TPSA) is 16.1 Å². The first-order chi connectivity index (χ1) is 7.07. The predicted molar refractivity (Wildman–Crippen MR) is 70.5 cm³/mol. The van der Waals surface area contributed by atoms with E-state index in [0.29, 0.717) is 9.90 Å². The molecule has 0 saturated carbocycles. The minimum atomic E-state index is 0.399. The van der Waals surface area contributed by atoms with Crippen molar-refractivity contribution in [2.75, 3.05) is 23.7 Å². The molecule has 1 aliphatic rings. The van der Waals surface area contributed by atoms with Crippen molar-refractivity contribution in [1.29, 1.82) is 0 Å². The molecule has 0 spiro atoms. The molecule has 1 aromatic rings. The summed E-state index contributed by atoms with van der Waals surface area (Å²) >= 11 is 9.53. The Morgan fingerprint density at radius 2 is 2.27 bits per heavy atom. The first kappa shape index (κ1) is 11.6. The number of anilines is 1. The lowest BCUT2D eigenvalue weighted by Crippen LogP contribution is -2.26. The fraction of sp³-hybridized carbons (Fsp3) is 0.700. The summed E-state index contributed by atoms with van der Waals surface area (Å²) in [5.74, 6) is 1.17. The Labute approximate surface area is 104 Å². The van der Waals surface area contributed by atoms with Gasteiger partial charge in [0, 0.05) is 29.0 Å². The quantitative estimate of drug-likeness (QED) is 0.771. The molecular weight excluding hydrogens is 248 g/mol. The SMILES string of the molecule is CC1(C)CCN(c2nc(Cl)cs2)CCS1. The normalized spacial score (nSPS) is 21.4. The highest BCUT2D eigenvalue weighted by atomic mass is 35.5. The van der Waals surface area contributed by atoms with E-state index >= 15 is 0 Å². The van der Waals surface area contributed by atoms with Gasteiger partial charge in [0.25, 0.3) is 0 Å². The first-order valence-corrected chi connectivity index (χ1v) is 7.31. The third-order valence-corrected chi connectivity index (χ3v) is 5.17. The van der Waals surface area contributed by atoms with E-state index < -0.39 is 0 Å². The lowest BCUT2D eigenvalue weighted by Gasteiger charge is -2.22. The molecule has 1 aromatic heterocycles. The summed E-state index contributed by atoms with van der Waals surface area (Å²) in [4.78, 5) is 6.67. The van der Waals surface area contributed by atoms with Crippen molar-refractivity contribution >= 4 is 39.8 Å². The fourth-order valence-electron chi connectivity index (χ4n) is 1.60. The minimum Gasteiger partial charge on any atom is -0.347 e. The molecule has 0 radical (unpaired) electrons. The molecule has 0 aromatic carbocycles. The van der Waals surface area contributed by atoms with Crippen LogP contribution in [0.2, 0.25) is 5.15 Å². The van der Waals surface area contributed by atoms with Crippen LogP contribution in [0.1, 0.15) is 20.3 Å². The Hall–Kier alpha value is 0.0700. The number of hydrogen-bond donors (Lipinski definition) is 0. The predicted octanol–water partition coefficient (Wildman–Crippen LogP) is 3.52. The van der Waals surface area contributed by atoms with Gasteiger partial charge < -0.3 is 4.90 Å². The third kappa shape index (κ3) is 3.02. The molecule has 1 saturated heterocycles. The number of rotatable bonds is 1. The van der Waals surface area contributed by atoms with Gasteiger partial charge in [0.1, 0.15) is 5.15 Å². The van der Waals surface area contributed by atoms with Crippen LogP contribution in [-0.2, 0) is 0 Å². The fourth-order valence-corrected chi connectivity index (χ4v) is 3.70. The van der Waals surface area contributed by atoms with Gasteiger partial charge in [-0.1, -0.05) is 25.4 Å². The van der Waals surface area contributed by atoms with Gasteiger partial charge in [-0.15, -0.1) is 11.3 Å². The molecule has 0 atom stereocenters.